The lowest BCUT2D eigenvalue weighted by molar-refractivity contribution is -0.132. The minimum atomic E-state index is -0.841. The van der Waals surface area contributed by atoms with Gasteiger partial charge in [0.15, 0.2) is 11.5 Å². The minimum absolute atomic E-state index is 0.000777. The van der Waals surface area contributed by atoms with Gasteiger partial charge >= 0.3 is 5.91 Å². The fraction of sp³-hybridized carbons (Fsp3) is 0.250. The van der Waals surface area contributed by atoms with Crippen LogP contribution in [0.3, 0.4) is 0 Å². The van der Waals surface area contributed by atoms with Crippen LogP contribution in [0.5, 0.6) is 11.5 Å². The van der Waals surface area contributed by atoms with Crippen molar-refractivity contribution in [2.75, 3.05) is 18.1 Å². The standard InChI is InChI=1S/C28H26N2O5/c1-28(2,3)19-10-7-17(8-11-19)24-23(26(32)27(33)30(24)22-6-4-5-13-29-22)25(31)18-9-12-20-21(16-18)35-15-14-34-20/h4-13,16,24,31H,14-15H2,1-3H3/b25-23+. The highest BCUT2D eigenvalue weighted by molar-refractivity contribution is 6.51. The Labute approximate surface area is 203 Å². The van der Waals surface area contributed by atoms with Crippen molar-refractivity contribution in [2.24, 2.45) is 0 Å². The number of carbonyl (C=O) groups excluding carboxylic acids is 2. The Morgan fingerprint density at radius 3 is 2.34 bits per heavy atom. The van der Waals surface area contributed by atoms with E-state index in [0.29, 0.717) is 41.7 Å². The lowest BCUT2D eigenvalue weighted by Gasteiger charge is -2.26. The van der Waals surface area contributed by atoms with E-state index in [2.05, 4.69) is 25.8 Å². The zero-order valence-electron chi connectivity index (χ0n) is 19.8. The van der Waals surface area contributed by atoms with Crippen LogP contribution in [0.1, 0.15) is 43.5 Å². The van der Waals surface area contributed by atoms with Gasteiger partial charge in [-0.15, -0.1) is 0 Å². The van der Waals surface area contributed by atoms with Gasteiger partial charge in [-0.1, -0.05) is 51.1 Å². The third-order valence-electron chi connectivity index (χ3n) is 6.25. The molecule has 0 saturated carbocycles. The third-order valence-corrected chi connectivity index (χ3v) is 6.25. The number of carbonyl (C=O) groups is 2. The van der Waals surface area contributed by atoms with Crippen molar-refractivity contribution in [1.29, 1.82) is 0 Å². The highest BCUT2D eigenvalue weighted by Gasteiger charge is 2.47. The lowest BCUT2D eigenvalue weighted by atomic mass is 9.85. The number of fused-ring (bicyclic) bond motifs is 1. The first-order valence-electron chi connectivity index (χ1n) is 11.5. The zero-order chi connectivity index (χ0) is 24.7. The van der Waals surface area contributed by atoms with Gasteiger partial charge in [-0.3, -0.25) is 14.5 Å². The molecule has 1 fully saturated rings. The smallest absolute Gasteiger partial charge is 0.301 e. The predicted molar refractivity (Wildman–Crippen MR) is 132 cm³/mol. The van der Waals surface area contributed by atoms with Crippen LogP contribution >= 0.6 is 0 Å². The number of hydrogen-bond donors (Lipinski definition) is 1. The zero-order valence-corrected chi connectivity index (χ0v) is 19.8. The average Bonchev–Trinajstić information content (AvgIpc) is 3.13. The Morgan fingerprint density at radius 1 is 0.971 bits per heavy atom. The molecule has 5 rings (SSSR count). The van der Waals surface area contributed by atoms with Crippen molar-refractivity contribution in [3.8, 4) is 11.5 Å². The van der Waals surface area contributed by atoms with Crippen LogP contribution in [0.4, 0.5) is 5.82 Å². The van der Waals surface area contributed by atoms with E-state index in [4.69, 9.17) is 9.47 Å². The Morgan fingerprint density at radius 2 is 1.69 bits per heavy atom. The fourth-order valence-electron chi connectivity index (χ4n) is 4.39. The van der Waals surface area contributed by atoms with Gasteiger partial charge in [-0.05, 0) is 46.9 Å². The number of Topliss-reactive ketones (excluding diaryl/α,β-unsaturated/α-hetero) is 1. The summed E-state index contributed by atoms with van der Waals surface area (Å²) < 4.78 is 11.2. The number of ketones is 1. The van der Waals surface area contributed by atoms with Gasteiger partial charge in [0.2, 0.25) is 0 Å². The molecule has 1 aromatic heterocycles. The summed E-state index contributed by atoms with van der Waals surface area (Å²) in [4.78, 5) is 32.2. The Bertz CT molecular complexity index is 1320. The summed E-state index contributed by atoms with van der Waals surface area (Å²) >= 11 is 0. The number of nitrogens with zero attached hydrogens (tertiary/aromatic N) is 2. The van der Waals surface area contributed by atoms with Gasteiger partial charge in [-0.2, -0.15) is 0 Å². The molecule has 1 atom stereocenters. The molecule has 2 aromatic carbocycles. The van der Waals surface area contributed by atoms with E-state index in [1.54, 1.807) is 42.6 Å². The summed E-state index contributed by atoms with van der Waals surface area (Å²) in [6, 6.07) is 17.0. The van der Waals surface area contributed by atoms with E-state index in [1.807, 2.05) is 24.3 Å². The molecular weight excluding hydrogens is 444 g/mol. The first kappa shape index (κ1) is 22.7. The van der Waals surface area contributed by atoms with Crippen LogP contribution < -0.4 is 14.4 Å². The predicted octanol–water partition coefficient (Wildman–Crippen LogP) is 4.78. The number of rotatable bonds is 3. The summed E-state index contributed by atoms with van der Waals surface area (Å²) in [5.74, 6) is -0.411. The molecule has 0 bridgehead atoms. The van der Waals surface area contributed by atoms with Crippen LogP contribution in [0.15, 0.2) is 72.4 Å². The molecule has 0 radical (unpaired) electrons. The number of amides is 1. The number of benzene rings is 2. The van der Waals surface area contributed by atoms with E-state index >= 15 is 0 Å². The largest absolute Gasteiger partial charge is 0.507 e. The second kappa shape index (κ2) is 8.58. The number of aliphatic hydroxyl groups excluding tert-OH is 1. The van der Waals surface area contributed by atoms with Crippen molar-refractivity contribution in [2.45, 2.75) is 32.2 Å². The maximum absolute atomic E-state index is 13.3. The number of hydrogen-bond acceptors (Lipinski definition) is 6. The van der Waals surface area contributed by atoms with E-state index in [1.165, 1.54) is 4.90 Å². The Balaban J connectivity index is 1.67. The molecular formula is C28H26N2O5. The van der Waals surface area contributed by atoms with E-state index in [0.717, 1.165) is 5.56 Å². The quantitative estimate of drug-likeness (QED) is 0.337. The lowest BCUT2D eigenvalue weighted by Crippen LogP contribution is -2.30. The maximum atomic E-state index is 13.3. The molecule has 2 aliphatic heterocycles. The van der Waals surface area contributed by atoms with Crippen molar-refractivity contribution >= 4 is 23.3 Å². The number of aromatic nitrogens is 1. The summed E-state index contributed by atoms with van der Waals surface area (Å²) in [6.07, 6.45) is 1.56. The van der Waals surface area contributed by atoms with Crippen LogP contribution in [-0.4, -0.2) is 35.0 Å². The fourth-order valence-corrected chi connectivity index (χ4v) is 4.39. The van der Waals surface area contributed by atoms with Gasteiger partial charge in [0, 0.05) is 11.8 Å². The van der Waals surface area contributed by atoms with Gasteiger partial charge in [0.25, 0.3) is 5.78 Å². The molecule has 7 nitrogen and oxygen atoms in total. The minimum Gasteiger partial charge on any atom is -0.507 e. The summed E-state index contributed by atoms with van der Waals surface area (Å²) in [5, 5.41) is 11.4. The number of pyridine rings is 1. The highest BCUT2D eigenvalue weighted by Crippen LogP contribution is 2.43. The maximum Gasteiger partial charge on any atom is 0.301 e. The number of anilines is 1. The van der Waals surface area contributed by atoms with E-state index in [-0.39, 0.29) is 16.7 Å². The normalized spacial score (nSPS) is 19.2. The first-order valence-corrected chi connectivity index (χ1v) is 11.5. The summed E-state index contributed by atoms with van der Waals surface area (Å²) in [6.45, 7) is 7.18. The van der Waals surface area contributed by atoms with Crippen LogP contribution in [0, 0.1) is 0 Å². The van der Waals surface area contributed by atoms with Crippen LogP contribution in [0.25, 0.3) is 5.76 Å². The van der Waals surface area contributed by atoms with Crippen LogP contribution in [-0.2, 0) is 15.0 Å². The van der Waals surface area contributed by atoms with Gasteiger partial charge < -0.3 is 14.6 Å². The molecule has 0 aliphatic carbocycles. The SMILES string of the molecule is CC(C)(C)c1ccc(C2/C(=C(\O)c3ccc4c(c3)OCCO4)C(=O)C(=O)N2c2ccccn2)cc1. The molecule has 3 heterocycles. The van der Waals surface area contributed by atoms with E-state index < -0.39 is 17.7 Å². The topological polar surface area (TPSA) is 89.0 Å². The van der Waals surface area contributed by atoms with E-state index in [9.17, 15) is 14.7 Å². The Kier molecular flexibility index (Phi) is 5.55. The average molecular weight is 471 g/mol. The van der Waals surface area contributed by atoms with Gasteiger partial charge in [0.1, 0.15) is 24.8 Å². The number of aliphatic hydroxyl groups is 1. The molecule has 2 aliphatic rings. The molecule has 0 spiro atoms. The van der Waals surface area contributed by atoms with Crippen LogP contribution in [0.2, 0.25) is 0 Å². The second-order valence-corrected chi connectivity index (χ2v) is 9.59. The Hall–Kier alpha value is -4.13. The molecule has 1 saturated heterocycles. The van der Waals surface area contributed by atoms with Gasteiger partial charge in [-0.25, -0.2) is 4.98 Å². The van der Waals surface area contributed by atoms with Crippen molar-refractivity contribution in [3.63, 3.8) is 0 Å². The summed E-state index contributed by atoms with van der Waals surface area (Å²) in [5.41, 5.74) is 2.11. The monoisotopic (exact) mass is 470 g/mol. The third kappa shape index (κ3) is 4.03. The molecule has 1 amide bonds. The van der Waals surface area contributed by atoms with Crippen molar-refractivity contribution in [3.05, 3.63) is 89.1 Å². The molecule has 3 aromatic rings. The molecule has 35 heavy (non-hydrogen) atoms. The second-order valence-electron chi connectivity index (χ2n) is 9.59. The van der Waals surface area contributed by atoms with Crippen molar-refractivity contribution < 1.29 is 24.2 Å². The molecule has 1 unspecified atom stereocenters. The number of ether oxygens (including phenoxy) is 2. The molecule has 1 N–H and O–H groups in total. The molecule has 7 heteroatoms. The first-order chi connectivity index (χ1) is 16.8. The summed E-state index contributed by atoms with van der Waals surface area (Å²) in [7, 11) is 0. The van der Waals surface area contributed by atoms with Gasteiger partial charge in [0.05, 0.1) is 11.6 Å². The van der Waals surface area contributed by atoms with Crippen molar-refractivity contribution in [1.82, 2.24) is 4.98 Å². The highest BCUT2D eigenvalue weighted by atomic mass is 16.6. The molecule has 178 valence electrons.